The Morgan fingerprint density at radius 3 is 2.90 bits per heavy atom. The molecule has 20 heavy (non-hydrogen) atoms. The van der Waals surface area contributed by atoms with Crippen molar-refractivity contribution in [2.75, 3.05) is 33.7 Å². The first kappa shape index (κ1) is 13.5. The highest BCUT2D eigenvalue weighted by molar-refractivity contribution is 5.71. The molecule has 0 bridgehead atoms. The molecule has 3 rings (SSSR count). The molecule has 1 fully saturated rings. The molecule has 2 aromatic heterocycles. The second-order valence-corrected chi connectivity index (χ2v) is 5.80. The van der Waals surface area contributed by atoms with E-state index in [1.165, 1.54) is 18.7 Å². The van der Waals surface area contributed by atoms with Gasteiger partial charge < -0.3 is 14.8 Å². The van der Waals surface area contributed by atoms with Gasteiger partial charge in [0.25, 0.3) is 0 Å². The molecule has 0 spiro atoms. The third-order valence-electron chi connectivity index (χ3n) is 4.01. The van der Waals surface area contributed by atoms with E-state index in [9.17, 15) is 0 Å². The standard InChI is InChI=1S/C15H23N5/c1-19(2)10-11-20-14(12-5-8-16-9-6-12)18-13-4-3-7-17-15(13)20/h3-4,7,12,16H,5-6,8-11H2,1-2H3. The van der Waals surface area contributed by atoms with Crippen molar-refractivity contribution in [1.29, 1.82) is 0 Å². The molecule has 5 heteroatoms. The second kappa shape index (κ2) is 5.89. The largest absolute Gasteiger partial charge is 0.317 e. The molecule has 1 aliphatic rings. The van der Waals surface area contributed by atoms with Gasteiger partial charge in [-0.2, -0.15) is 0 Å². The molecule has 0 atom stereocenters. The van der Waals surface area contributed by atoms with Crippen LogP contribution in [-0.4, -0.2) is 53.2 Å². The number of rotatable bonds is 4. The quantitative estimate of drug-likeness (QED) is 0.916. The Labute approximate surface area is 120 Å². The Hall–Kier alpha value is -1.46. The van der Waals surface area contributed by atoms with Crippen LogP contribution in [0.2, 0.25) is 0 Å². The van der Waals surface area contributed by atoms with Crippen molar-refractivity contribution in [2.24, 2.45) is 0 Å². The van der Waals surface area contributed by atoms with Crippen LogP contribution in [0.15, 0.2) is 18.3 Å². The van der Waals surface area contributed by atoms with Crippen LogP contribution in [0.1, 0.15) is 24.6 Å². The molecule has 1 N–H and O–H groups in total. The lowest BCUT2D eigenvalue weighted by molar-refractivity contribution is 0.371. The SMILES string of the molecule is CN(C)CCn1c(C2CCNCC2)nc2cccnc21. The number of imidazole rings is 1. The minimum absolute atomic E-state index is 0.563. The average Bonchev–Trinajstić information content (AvgIpc) is 2.84. The number of pyridine rings is 1. The van der Waals surface area contributed by atoms with Gasteiger partial charge in [-0.1, -0.05) is 0 Å². The van der Waals surface area contributed by atoms with Crippen molar-refractivity contribution < 1.29 is 0 Å². The topological polar surface area (TPSA) is 46.0 Å². The molecule has 0 aromatic carbocycles. The van der Waals surface area contributed by atoms with Gasteiger partial charge in [-0.15, -0.1) is 0 Å². The van der Waals surface area contributed by atoms with Crippen molar-refractivity contribution in [1.82, 2.24) is 24.8 Å². The van der Waals surface area contributed by atoms with Crippen LogP contribution in [0.4, 0.5) is 0 Å². The summed E-state index contributed by atoms with van der Waals surface area (Å²) in [5.74, 6) is 1.79. The maximum atomic E-state index is 4.87. The van der Waals surface area contributed by atoms with Crippen molar-refractivity contribution in [2.45, 2.75) is 25.3 Å². The minimum atomic E-state index is 0.563. The second-order valence-electron chi connectivity index (χ2n) is 5.80. The number of nitrogens with zero attached hydrogens (tertiary/aromatic N) is 4. The molecule has 1 aliphatic heterocycles. The number of likely N-dealkylation sites (N-methyl/N-ethyl adjacent to an activating group) is 1. The van der Waals surface area contributed by atoms with Crippen molar-refractivity contribution in [3.63, 3.8) is 0 Å². The minimum Gasteiger partial charge on any atom is -0.317 e. The molecule has 0 saturated carbocycles. The number of hydrogen-bond acceptors (Lipinski definition) is 4. The number of hydrogen-bond donors (Lipinski definition) is 1. The zero-order valence-electron chi connectivity index (χ0n) is 12.3. The summed E-state index contributed by atoms with van der Waals surface area (Å²) in [6.07, 6.45) is 4.21. The Morgan fingerprint density at radius 1 is 1.35 bits per heavy atom. The fourth-order valence-electron chi connectivity index (χ4n) is 2.89. The van der Waals surface area contributed by atoms with E-state index in [1.54, 1.807) is 0 Å². The van der Waals surface area contributed by atoms with Gasteiger partial charge in [0.15, 0.2) is 5.65 Å². The number of piperidine rings is 1. The molecule has 5 nitrogen and oxygen atoms in total. The van der Waals surface area contributed by atoms with Crippen LogP contribution in [0.3, 0.4) is 0 Å². The molecule has 0 unspecified atom stereocenters. The summed E-state index contributed by atoms with van der Waals surface area (Å²) in [5, 5.41) is 3.43. The van der Waals surface area contributed by atoms with E-state index in [4.69, 9.17) is 4.98 Å². The number of nitrogens with one attached hydrogen (secondary N) is 1. The molecular weight excluding hydrogens is 250 g/mol. The first-order valence-electron chi connectivity index (χ1n) is 7.42. The highest BCUT2D eigenvalue weighted by Crippen LogP contribution is 2.27. The Kier molecular flexibility index (Phi) is 3.98. The maximum Gasteiger partial charge on any atom is 0.160 e. The smallest absolute Gasteiger partial charge is 0.160 e. The Morgan fingerprint density at radius 2 is 2.15 bits per heavy atom. The molecule has 0 amide bonds. The molecule has 0 radical (unpaired) electrons. The van der Waals surface area contributed by atoms with Crippen LogP contribution in [0, 0.1) is 0 Å². The lowest BCUT2D eigenvalue weighted by atomic mass is 9.97. The van der Waals surface area contributed by atoms with Crippen LogP contribution in [0.25, 0.3) is 11.2 Å². The monoisotopic (exact) mass is 273 g/mol. The van der Waals surface area contributed by atoms with Gasteiger partial charge in [0.05, 0.1) is 0 Å². The molecule has 108 valence electrons. The van der Waals surface area contributed by atoms with E-state index < -0.39 is 0 Å². The maximum absolute atomic E-state index is 4.87. The van der Waals surface area contributed by atoms with E-state index >= 15 is 0 Å². The third kappa shape index (κ3) is 2.69. The van der Waals surface area contributed by atoms with E-state index in [1.807, 2.05) is 12.3 Å². The lowest BCUT2D eigenvalue weighted by Gasteiger charge is -2.23. The highest BCUT2D eigenvalue weighted by atomic mass is 15.2. The van der Waals surface area contributed by atoms with Gasteiger partial charge in [-0.25, -0.2) is 9.97 Å². The van der Waals surface area contributed by atoms with Crippen LogP contribution in [0.5, 0.6) is 0 Å². The van der Waals surface area contributed by atoms with Gasteiger partial charge in [-0.05, 0) is 52.2 Å². The summed E-state index contributed by atoms with van der Waals surface area (Å²) in [4.78, 5) is 11.6. The van der Waals surface area contributed by atoms with Crippen molar-refractivity contribution >= 4 is 11.2 Å². The Bertz CT molecular complexity index is 569. The lowest BCUT2D eigenvalue weighted by Crippen LogP contribution is -2.29. The molecule has 3 heterocycles. The van der Waals surface area contributed by atoms with E-state index in [0.717, 1.165) is 37.3 Å². The first-order valence-corrected chi connectivity index (χ1v) is 7.42. The van der Waals surface area contributed by atoms with Gasteiger partial charge in [0.2, 0.25) is 0 Å². The number of fused-ring (bicyclic) bond motifs is 1. The zero-order chi connectivity index (χ0) is 13.9. The molecule has 0 aliphatic carbocycles. The van der Waals surface area contributed by atoms with Crippen molar-refractivity contribution in [3.05, 3.63) is 24.2 Å². The Balaban J connectivity index is 1.97. The first-order chi connectivity index (χ1) is 9.75. The summed E-state index contributed by atoms with van der Waals surface area (Å²) in [6.45, 7) is 4.16. The van der Waals surface area contributed by atoms with Crippen molar-refractivity contribution in [3.8, 4) is 0 Å². The van der Waals surface area contributed by atoms with Crippen LogP contribution >= 0.6 is 0 Å². The predicted molar refractivity (Wildman–Crippen MR) is 80.9 cm³/mol. The van der Waals surface area contributed by atoms with E-state index in [0.29, 0.717) is 5.92 Å². The highest BCUT2D eigenvalue weighted by Gasteiger charge is 2.22. The summed E-state index contributed by atoms with van der Waals surface area (Å²) < 4.78 is 2.32. The van der Waals surface area contributed by atoms with Gasteiger partial charge in [0.1, 0.15) is 11.3 Å². The summed E-state index contributed by atoms with van der Waals surface area (Å²) >= 11 is 0. The van der Waals surface area contributed by atoms with E-state index in [-0.39, 0.29) is 0 Å². The zero-order valence-corrected chi connectivity index (χ0v) is 12.3. The summed E-state index contributed by atoms with van der Waals surface area (Å²) in [5.41, 5.74) is 2.06. The van der Waals surface area contributed by atoms with Gasteiger partial charge >= 0.3 is 0 Å². The fraction of sp³-hybridized carbons (Fsp3) is 0.600. The third-order valence-corrected chi connectivity index (χ3v) is 4.01. The molecular formula is C15H23N5. The molecule has 2 aromatic rings. The average molecular weight is 273 g/mol. The van der Waals surface area contributed by atoms with Crippen LogP contribution in [-0.2, 0) is 6.54 Å². The van der Waals surface area contributed by atoms with Crippen LogP contribution < -0.4 is 5.32 Å². The van der Waals surface area contributed by atoms with Gasteiger partial charge in [0, 0.05) is 25.2 Å². The summed E-state index contributed by atoms with van der Waals surface area (Å²) in [7, 11) is 4.22. The summed E-state index contributed by atoms with van der Waals surface area (Å²) in [6, 6.07) is 4.04. The fourth-order valence-corrected chi connectivity index (χ4v) is 2.89. The van der Waals surface area contributed by atoms with E-state index in [2.05, 4.69) is 39.9 Å². The predicted octanol–water partition coefficient (Wildman–Crippen LogP) is 1.46. The molecule has 1 saturated heterocycles. The van der Waals surface area contributed by atoms with Gasteiger partial charge in [-0.3, -0.25) is 0 Å². The number of aromatic nitrogens is 3. The normalized spacial score (nSPS) is 17.1.